The minimum absolute atomic E-state index is 0.0727. The van der Waals surface area contributed by atoms with Crippen molar-refractivity contribution < 1.29 is 33.0 Å². The number of fused-ring (bicyclic) bond motifs is 1. The Kier molecular flexibility index (Phi) is 12.9. The van der Waals surface area contributed by atoms with Crippen LogP contribution in [0, 0.1) is 5.82 Å². The lowest BCUT2D eigenvalue weighted by Crippen LogP contribution is -2.63. The fourth-order valence-electron chi connectivity index (χ4n) is 8.01. The van der Waals surface area contributed by atoms with Crippen molar-refractivity contribution in [3.8, 4) is 5.88 Å². The number of amides is 3. The van der Waals surface area contributed by atoms with E-state index in [1.54, 1.807) is 12.1 Å². The van der Waals surface area contributed by atoms with Crippen LogP contribution in [0.4, 0.5) is 19.7 Å². The third-order valence-electron chi connectivity index (χ3n) is 12.3. The zero-order valence-electron chi connectivity index (χ0n) is 35.4. The zero-order valence-corrected chi connectivity index (χ0v) is 36.4. The molecule has 2 saturated heterocycles. The molecule has 0 radical (unpaired) electrons. The predicted octanol–water partition coefficient (Wildman–Crippen LogP) is 7.26. The van der Waals surface area contributed by atoms with Crippen molar-refractivity contribution >= 4 is 32.1 Å². The van der Waals surface area contributed by atoms with Crippen LogP contribution in [-0.4, -0.2) is 115 Å². The lowest BCUT2D eigenvalue weighted by atomic mass is 9.91. The molecule has 0 saturated carbocycles. The van der Waals surface area contributed by atoms with E-state index in [4.69, 9.17) is 14.1 Å². The van der Waals surface area contributed by atoms with Gasteiger partial charge in [0.05, 0.1) is 17.9 Å². The molecule has 0 spiro atoms. The van der Waals surface area contributed by atoms with Crippen LogP contribution in [0.5, 0.6) is 5.88 Å². The number of nitrogens with zero attached hydrogens (tertiary/aromatic N) is 5. The van der Waals surface area contributed by atoms with Gasteiger partial charge in [-0.1, -0.05) is 77.1 Å². The summed E-state index contributed by atoms with van der Waals surface area (Å²) in [6, 6.07) is 17.3. The van der Waals surface area contributed by atoms with Gasteiger partial charge in [0.15, 0.2) is 0 Å². The number of ether oxygens (including phenoxy) is 1. The number of carbonyl (C=O) groups is 3. The van der Waals surface area contributed by atoms with Crippen molar-refractivity contribution in [1.82, 2.24) is 25.0 Å². The summed E-state index contributed by atoms with van der Waals surface area (Å²) in [5.74, 6) is 0.175. The van der Waals surface area contributed by atoms with Gasteiger partial charge >= 0.3 is 12.2 Å². The van der Waals surface area contributed by atoms with Crippen LogP contribution in [-0.2, 0) is 28.0 Å². The zero-order chi connectivity index (χ0) is 42.0. The molecule has 6 rings (SSSR count). The summed E-state index contributed by atoms with van der Waals surface area (Å²) in [6.45, 7) is 20.3. The van der Waals surface area contributed by atoms with Crippen molar-refractivity contribution in [3.63, 3.8) is 0 Å². The van der Waals surface area contributed by atoms with Gasteiger partial charge in [-0.25, -0.2) is 19.0 Å². The number of likely N-dealkylation sites (tertiary alicyclic amines) is 1. The Balaban J connectivity index is 1.21. The number of aromatic nitrogens is 1. The lowest BCUT2D eigenvalue weighted by Gasteiger charge is -2.46. The first-order valence-corrected chi connectivity index (χ1v) is 23.4. The first-order valence-electron chi connectivity index (χ1n) is 20.5. The van der Waals surface area contributed by atoms with Gasteiger partial charge < -0.3 is 29.4 Å². The summed E-state index contributed by atoms with van der Waals surface area (Å²) in [7, 11) is -2.31. The number of carboxylic acid groups (broad SMARTS) is 1. The highest BCUT2D eigenvalue weighted by Gasteiger charge is 2.45. The number of anilines is 1. The lowest BCUT2D eigenvalue weighted by molar-refractivity contribution is -0.121. The van der Waals surface area contributed by atoms with Crippen LogP contribution >= 0.6 is 0 Å². The molecule has 0 unspecified atom stereocenters. The second kappa shape index (κ2) is 17.4. The molecule has 58 heavy (non-hydrogen) atoms. The van der Waals surface area contributed by atoms with Gasteiger partial charge in [0.25, 0.3) is 8.32 Å². The average Bonchev–Trinajstić information content (AvgIpc) is 3.41. The quantitative estimate of drug-likeness (QED) is 0.192. The van der Waals surface area contributed by atoms with Gasteiger partial charge in [0.2, 0.25) is 11.8 Å². The van der Waals surface area contributed by atoms with Crippen molar-refractivity contribution in [2.24, 2.45) is 0 Å². The Labute approximate surface area is 343 Å². The Hall–Kier alpha value is -4.53. The minimum atomic E-state index is -2.31. The topological polar surface area (TPSA) is 128 Å². The predicted molar refractivity (Wildman–Crippen MR) is 225 cm³/mol. The molecule has 3 aliphatic rings. The van der Waals surface area contributed by atoms with Crippen LogP contribution in [0.1, 0.15) is 76.8 Å². The Morgan fingerprint density at radius 1 is 1.02 bits per heavy atom. The number of halogens is 1. The minimum Gasteiger partial charge on any atom is -0.530 e. The number of pyridine rings is 1. The molecule has 314 valence electrons. The Morgan fingerprint density at radius 3 is 2.40 bits per heavy atom. The molecule has 3 atom stereocenters. The third-order valence-corrected chi connectivity index (χ3v) is 16.7. The van der Waals surface area contributed by atoms with E-state index in [1.807, 2.05) is 48.2 Å². The van der Waals surface area contributed by atoms with E-state index in [0.717, 1.165) is 47.5 Å². The smallest absolute Gasteiger partial charge is 0.407 e. The maximum Gasteiger partial charge on any atom is 0.407 e. The summed E-state index contributed by atoms with van der Waals surface area (Å²) in [5, 5.41) is 13.1. The van der Waals surface area contributed by atoms with Gasteiger partial charge in [0, 0.05) is 68.2 Å². The largest absolute Gasteiger partial charge is 0.530 e. The van der Waals surface area contributed by atoms with Gasteiger partial charge in [-0.3, -0.25) is 14.6 Å². The number of hydrogen-bond donors (Lipinski definition) is 2. The maximum atomic E-state index is 14.6. The second-order valence-corrected chi connectivity index (χ2v) is 23.2. The summed E-state index contributed by atoms with van der Waals surface area (Å²) >= 11 is 0. The van der Waals surface area contributed by atoms with Gasteiger partial charge in [0.1, 0.15) is 12.4 Å². The first-order chi connectivity index (χ1) is 27.3. The normalized spacial score (nSPS) is 21.4. The fourth-order valence-corrected chi connectivity index (χ4v) is 8.98. The molecule has 1 aromatic heterocycles. The molecular formula is C44H61FN6O6Si. The molecule has 2 N–H and O–H groups in total. The molecule has 12 nitrogen and oxygen atoms in total. The highest BCUT2D eigenvalue weighted by Crippen LogP contribution is 2.44. The second-order valence-electron chi connectivity index (χ2n) is 18.5. The maximum absolute atomic E-state index is 14.6. The highest BCUT2D eigenvalue weighted by atomic mass is 28.4. The molecule has 0 bridgehead atoms. The molecule has 3 aromatic rings. The number of piperidine rings is 1. The van der Waals surface area contributed by atoms with Crippen molar-refractivity contribution in [2.45, 2.75) is 109 Å². The van der Waals surface area contributed by atoms with E-state index in [-0.39, 0.29) is 54.6 Å². The number of benzene rings is 2. The number of hydrogen-bond acceptors (Lipinski definition) is 8. The number of carbonyl (C=O) groups excluding carboxylic acids is 2. The van der Waals surface area contributed by atoms with E-state index >= 15 is 0 Å². The molecule has 4 heterocycles. The number of piperazine rings is 1. The van der Waals surface area contributed by atoms with Crippen molar-refractivity contribution in [1.29, 1.82) is 0 Å². The van der Waals surface area contributed by atoms with Gasteiger partial charge in [-0.2, -0.15) is 0 Å². The van der Waals surface area contributed by atoms with Crippen molar-refractivity contribution in [3.05, 3.63) is 88.9 Å². The number of rotatable bonds is 11. The van der Waals surface area contributed by atoms with Crippen LogP contribution in [0.2, 0.25) is 18.1 Å². The average molecular weight is 817 g/mol. The first kappa shape index (κ1) is 43.1. The standard InChI is InChI=1S/C44H61FN6O6Si/c1-30-23-49(36(26-50(30)42(54)55)25-48-20-12-15-35(24-48)46-41(53)56-28-32-13-10-9-11-14-32)27-38(52)51-29-44(5,6)39-37(51)22-33(21-31-16-18-34(45)19-17-31)40(47-39)57-58(7,8)43(2,3)4/h9-11,13-14,16-19,22,30,35-36H,12,15,20-21,23-29H2,1-8H3,(H,46,53)(H,54,55)/t30-,35-,36+/m1/s1. The SMILES string of the molecule is C[C@@H]1CN(CC(=O)N2CC(C)(C)c3nc(O[Si](C)(C)C(C)(C)C)c(Cc4ccc(F)cc4)cc32)[C@@H](CN2CCC[C@@H](NC(=O)OCc3ccccc3)C2)CN1C(=O)O. The molecule has 3 amide bonds. The molecule has 3 aliphatic heterocycles. The van der Waals surface area contributed by atoms with E-state index < -0.39 is 25.9 Å². The van der Waals surface area contributed by atoms with Crippen LogP contribution in [0.3, 0.4) is 0 Å². The summed E-state index contributed by atoms with van der Waals surface area (Å²) in [5.41, 5.74) is 3.74. The Morgan fingerprint density at radius 2 is 1.72 bits per heavy atom. The van der Waals surface area contributed by atoms with E-state index in [0.29, 0.717) is 38.5 Å². The highest BCUT2D eigenvalue weighted by molar-refractivity contribution is 6.74. The van der Waals surface area contributed by atoms with E-state index in [9.17, 15) is 23.9 Å². The van der Waals surface area contributed by atoms with Crippen LogP contribution in [0.25, 0.3) is 0 Å². The van der Waals surface area contributed by atoms with Crippen LogP contribution in [0.15, 0.2) is 60.7 Å². The van der Waals surface area contributed by atoms with E-state index in [2.05, 4.69) is 62.8 Å². The molecule has 2 fully saturated rings. The molecular weight excluding hydrogens is 756 g/mol. The third kappa shape index (κ3) is 10.2. The number of alkyl carbamates (subject to hydrolysis) is 1. The summed E-state index contributed by atoms with van der Waals surface area (Å²) < 4.78 is 26.3. The van der Waals surface area contributed by atoms with E-state index in [1.165, 1.54) is 17.0 Å². The van der Waals surface area contributed by atoms with Crippen LogP contribution < -0.4 is 14.6 Å². The van der Waals surface area contributed by atoms with Crippen molar-refractivity contribution in [2.75, 3.05) is 50.7 Å². The molecule has 14 heteroatoms. The summed E-state index contributed by atoms with van der Waals surface area (Å²) in [6.07, 6.45) is 0.692. The molecule has 0 aliphatic carbocycles. The Bertz CT molecular complexity index is 1940. The molecule has 2 aromatic carbocycles. The summed E-state index contributed by atoms with van der Waals surface area (Å²) in [4.78, 5) is 52.6. The monoisotopic (exact) mass is 816 g/mol. The van der Waals surface area contributed by atoms with Gasteiger partial charge in [-0.05, 0) is 73.8 Å². The number of nitrogens with one attached hydrogen (secondary N) is 1. The fraction of sp³-hybridized carbons (Fsp3) is 0.545. The van der Waals surface area contributed by atoms with Gasteiger partial charge in [-0.15, -0.1) is 0 Å².